The molecule has 0 saturated heterocycles. The molecule has 0 unspecified atom stereocenters. The molecule has 0 spiro atoms. The van der Waals surface area contributed by atoms with Crippen molar-refractivity contribution in [3.63, 3.8) is 0 Å². The smallest absolute Gasteiger partial charge is 0.140 e. The molecule has 5 aromatic rings. The predicted octanol–water partition coefficient (Wildman–Crippen LogP) is 6.19. The second-order valence-corrected chi connectivity index (χ2v) is 7.73. The van der Waals surface area contributed by atoms with Crippen molar-refractivity contribution >= 4 is 17.2 Å². The highest BCUT2D eigenvalue weighted by molar-refractivity contribution is 5.83. The molecule has 0 bridgehead atoms. The minimum absolute atomic E-state index is 0.171. The molecule has 5 nitrogen and oxygen atoms in total. The van der Waals surface area contributed by atoms with Crippen molar-refractivity contribution in [2.45, 2.75) is 6.04 Å². The zero-order valence-corrected chi connectivity index (χ0v) is 17.3. The monoisotopic (exact) mass is 415 g/mol. The Kier molecular flexibility index (Phi) is 4.43. The van der Waals surface area contributed by atoms with Crippen molar-refractivity contribution in [1.29, 1.82) is 0 Å². The first-order chi connectivity index (χ1) is 15.9. The fourth-order valence-corrected chi connectivity index (χ4v) is 4.23. The number of aromatic nitrogens is 3. The fourth-order valence-electron chi connectivity index (χ4n) is 4.23. The van der Waals surface area contributed by atoms with Gasteiger partial charge in [0.1, 0.15) is 11.5 Å². The molecule has 0 saturated carbocycles. The molecule has 0 fully saturated rings. The highest BCUT2D eigenvalue weighted by Crippen LogP contribution is 2.44. The van der Waals surface area contributed by atoms with Gasteiger partial charge >= 0.3 is 0 Å². The van der Waals surface area contributed by atoms with E-state index in [1.165, 1.54) is 0 Å². The van der Waals surface area contributed by atoms with Crippen molar-refractivity contribution in [2.75, 3.05) is 10.6 Å². The van der Waals surface area contributed by atoms with E-state index in [0.29, 0.717) is 0 Å². The van der Waals surface area contributed by atoms with Crippen LogP contribution in [0.4, 0.5) is 17.2 Å². The maximum atomic E-state index is 5.11. The maximum absolute atomic E-state index is 5.11. The van der Waals surface area contributed by atoms with Crippen LogP contribution in [0.5, 0.6) is 0 Å². The lowest BCUT2D eigenvalue weighted by molar-refractivity contribution is 0.887. The Hall–Kier alpha value is -4.38. The zero-order valence-electron chi connectivity index (χ0n) is 17.3. The first-order valence-electron chi connectivity index (χ1n) is 10.7. The molecule has 0 amide bonds. The molecule has 6 rings (SSSR count). The summed E-state index contributed by atoms with van der Waals surface area (Å²) >= 11 is 0. The van der Waals surface area contributed by atoms with Gasteiger partial charge in [0.05, 0.1) is 34.4 Å². The van der Waals surface area contributed by atoms with Crippen LogP contribution in [0.25, 0.3) is 16.9 Å². The number of para-hydroxylation sites is 3. The first-order valence-corrected chi connectivity index (χ1v) is 10.7. The topological polar surface area (TPSA) is 54.8 Å². The zero-order chi connectivity index (χ0) is 21.3. The number of anilines is 3. The standard InChI is InChI=1S/C27H21N5/c1-3-11-19(12-4-1)25-24-26(23-17-9-10-18-28-23)29-21-15-7-8-16-22(21)30-27(24)32(31-25)20-13-5-2-6-14-20/h1-18,26,29-30H/t26-/m0/s1. The molecular weight excluding hydrogens is 394 g/mol. The Labute approximate surface area is 186 Å². The largest absolute Gasteiger partial charge is 0.371 e. The third kappa shape index (κ3) is 3.11. The highest BCUT2D eigenvalue weighted by Gasteiger charge is 2.32. The number of benzene rings is 3. The van der Waals surface area contributed by atoms with E-state index in [2.05, 4.69) is 53.1 Å². The van der Waals surface area contributed by atoms with Crippen molar-refractivity contribution in [2.24, 2.45) is 0 Å². The van der Waals surface area contributed by atoms with E-state index in [9.17, 15) is 0 Å². The minimum atomic E-state index is -0.171. The molecule has 3 aromatic carbocycles. The number of rotatable bonds is 3. The Bertz CT molecular complexity index is 1360. The molecule has 3 heterocycles. The summed E-state index contributed by atoms with van der Waals surface area (Å²) < 4.78 is 2.00. The van der Waals surface area contributed by atoms with Gasteiger partial charge in [0.25, 0.3) is 0 Å². The van der Waals surface area contributed by atoms with Crippen molar-refractivity contribution in [3.8, 4) is 16.9 Å². The van der Waals surface area contributed by atoms with Gasteiger partial charge in [-0.1, -0.05) is 66.7 Å². The number of fused-ring (bicyclic) bond motifs is 2. The summed E-state index contributed by atoms with van der Waals surface area (Å²) in [5.74, 6) is 0.933. The van der Waals surface area contributed by atoms with Gasteiger partial charge in [-0.2, -0.15) is 5.10 Å². The minimum Gasteiger partial charge on any atom is -0.371 e. The predicted molar refractivity (Wildman–Crippen MR) is 128 cm³/mol. The van der Waals surface area contributed by atoms with Crippen LogP contribution in [0.2, 0.25) is 0 Å². The van der Waals surface area contributed by atoms with E-state index in [4.69, 9.17) is 10.1 Å². The molecule has 1 aliphatic rings. The van der Waals surface area contributed by atoms with Gasteiger partial charge in [-0.05, 0) is 36.4 Å². The SMILES string of the molecule is c1ccc(-c2nn(-c3ccccc3)c3c2[C@H](c2ccccn2)Nc2ccccc2N3)cc1. The van der Waals surface area contributed by atoms with E-state index >= 15 is 0 Å². The van der Waals surface area contributed by atoms with Gasteiger partial charge in [-0.3, -0.25) is 4.98 Å². The quantitative estimate of drug-likeness (QED) is 0.369. The summed E-state index contributed by atoms with van der Waals surface area (Å²) in [5, 5.41) is 12.5. The van der Waals surface area contributed by atoms with E-state index in [1.807, 2.05) is 71.5 Å². The van der Waals surface area contributed by atoms with Crippen LogP contribution in [0.1, 0.15) is 17.3 Å². The lowest BCUT2D eigenvalue weighted by Crippen LogP contribution is -2.13. The van der Waals surface area contributed by atoms with Gasteiger partial charge in [0.15, 0.2) is 0 Å². The first kappa shape index (κ1) is 18.4. The molecule has 0 radical (unpaired) electrons. The number of pyridine rings is 1. The van der Waals surface area contributed by atoms with E-state index in [-0.39, 0.29) is 6.04 Å². The van der Waals surface area contributed by atoms with Crippen LogP contribution in [0, 0.1) is 0 Å². The number of nitrogens with one attached hydrogen (secondary N) is 2. The van der Waals surface area contributed by atoms with Crippen LogP contribution >= 0.6 is 0 Å². The lowest BCUT2D eigenvalue weighted by Gasteiger charge is -2.19. The number of hydrogen-bond acceptors (Lipinski definition) is 4. The van der Waals surface area contributed by atoms with Gasteiger partial charge in [-0.25, -0.2) is 4.68 Å². The summed E-state index contributed by atoms with van der Waals surface area (Å²) in [6.07, 6.45) is 1.84. The Balaban J connectivity index is 1.67. The average molecular weight is 416 g/mol. The third-order valence-corrected chi connectivity index (χ3v) is 5.72. The number of hydrogen-bond donors (Lipinski definition) is 2. The van der Waals surface area contributed by atoms with Gasteiger partial charge in [-0.15, -0.1) is 0 Å². The second-order valence-electron chi connectivity index (χ2n) is 7.73. The van der Waals surface area contributed by atoms with Crippen LogP contribution in [0.15, 0.2) is 109 Å². The molecular formula is C27H21N5. The molecule has 1 aliphatic heterocycles. The van der Waals surface area contributed by atoms with Gasteiger partial charge in [0, 0.05) is 11.8 Å². The van der Waals surface area contributed by atoms with Crippen molar-refractivity contribution in [1.82, 2.24) is 14.8 Å². The maximum Gasteiger partial charge on any atom is 0.140 e. The second kappa shape index (κ2) is 7.71. The van der Waals surface area contributed by atoms with Crippen LogP contribution < -0.4 is 10.6 Å². The summed E-state index contributed by atoms with van der Waals surface area (Å²) in [7, 11) is 0. The van der Waals surface area contributed by atoms with Crippen LogP contribution in [-0.2, 0) is 0 Å². The molecule has 2 aromatic heterocycles. The van der Waals surface area contributed by atoms with Crippen molar-refractivity contribution in [3.05, 3.63) is 121 Å². The molecule has 1 atom stereocenters. The number of nitrogens with zero attached hydrogens (tertiary/aromatic N) is 3. The van der Waals surface area contributed by atoms with Crippen LogP contribution in [-0.4, -0.2) is 14.8 Å². The Morgan fingerprint density at radius 1 is 0.688 bits per heavy atom. The molecule has 2 N–H and O–H groups in total. The Morgan fingerprint density at radius 2 is 1.38 bits per heavy atom. The summed E-state index contributed by atoms with van der Waals surface area (Å²) in [6.45, 7) is 0. The molecule has 5 heteroatoms. The van der Waals surface area contributed by atoms with E-state index in [1.54, 1.807) is 0 Å². The fraction of sp³-hybridized carbons (Fsp3) is 0.0370. The highest BCUT2D eigenvalue weighted by atomic mass is 15.3. The summed E-state index contributed by atoms with van der Waals surface area (Å²) in [6, 6.07) is 34.7. The third-order valence-electron chi connectivity index (χ3n) is 5.72. The summed E-state index contributed by atoms with van der Waals surface area (Å²) in [5.41, 5.74) is 7.02. The van der Waals surface area contributed by atoms with E-state index < -0.39 is 0 Å². The normalized spacial score (nSPS) is 14.4. The molecule has 32 heavy (non-hydrogen) atoms. The average Bonchev–Trinajstić information content (AvgIpc) is 3.14. The van der Waals surface area contributed by atoms with Gasteiger partial charge in [0.2, 0.25) is 0 Å². The van der Waals surface area contributed by atoms with E-state index in [0.717, 1.165) is 45.4 Å². The summed E-state index contributed by atoms with van der Waals surface area (Å²) in [4.78, 5) is 4.71. The molecule has 154 valence electrons. The van der Waals surface area contributed by atoms with Crippen LogP contribution in [0.3, 0.4) is 0 Å². The lowest BCUT2D eigenvalue weighted by atomic mass is 9.98. The Morgan fingerprint density at radius 3 is 2.12 bits per heavy atom. The van der Waals surface area contributed by atoms with Crippen molar-refractivity contribution < 1.29 is 0 Å². The molecule has 0 aliphatic carbocycles. The van der Waals surface area contributed by atoms with Gasteiger partial charge < -0.3 is 10.6 Å².